The van der Waals surface area contributed by atoms with E-state index < -0.39 is 17.9 Å². The van der Waals surface area contributed by atoms with E-state index in [-0.39, 0.29) is 16.7 Å². The van der Waals surface area contributed by atoms with Crippen molar-refractivity contribution in [1.82, 2.24) is 5.32 Å². The summed E-state index contributed by atoms with van der Waals surface area (Å²) >= 11 is 6.00. The number of carboxylic acid groups (broad SMARTS) is 1. The number of thioether (sulfide) groups is 1. The number of carbonyl (C=O) groups excluding carboxylic acids is 2. The normalized spacial score (nSPS) is 11.9. The standard InChI is InChI=1S/C7H10ClNO4S/c1-4(10)9-5(7(12)13)3-14-6(11)2-8/h5H,2-3H2,1H3,(H,9,10)(H,12,13)/t5-/m0/s1. The van der Waals surface area contributed by atoms with Crippen molar-refractivity contribution in [2.24, 2.45) is 0 Å². The Kier molecular flexibility index (Phi) is 6.31. The lowest BCUT2D eigenvalue weighted by Gasteiger charge is -2.11. The Morgan fingerprint density at radius 1 is 1.50 bits per heavy atom. The van der Waals surface area contributed by atoms with Gasteiger partial charge in [0.05, 0.1) is 5.88 Å². The number of carboxylic acids is 1. The number of alkyl halides is 1. The molecule has 0 heterocycles. The first-order chi connectivity index (χ1) is 6.47. The van der Waals surface area contributed by atoms with Gasteiger partial charge in [-0.25, -0.2) is 4.79 Å². The molecule has 7 heteroatoms. The van der Waals surface area contributed by atoms with E-state index in [2.05, 4.69) is 5.32 Å². The molecule has 0 aliphatic heterocycles. The second-order valence-electron chi connectivity index (χ2n) is 2.41. The molecule has 0 unspecified atom stereocenters. The Bertz CT molecular complexity index is 246. The number of aliphatic carboxylic acids is 1. The number of nitrogens with one attached hydrogen (secondary N) is 1. The van der Waals surface area contributed by atoms with Crippen LogP contribution in [0, 0.1) is 0 Å². The van der Waals surface area contributed by atoms with Crippen LogP contribution in [-0.2, 0) is 14.4 Å². The van der Waals surface area contributed by atoms with Gasteiger partial charge in [0.25, 0.3) is 0 Å². The van der Waals surface area contributed by atoms with Crippen molar-refractivity contribution in [2.75, 3.05) is 11.6 Å². The minimum Gasteiger partial charge on any atom is -0.480 e. The summed E-state index contributed by atoms with van der Waals surface area (Å²) in [6, 6.07) is -1.05. The fourth-order valence-electron chi connectivity index (χ4n) is 0.635. The minimum absolute atomic E-state index is 0.0134. The van der Waals surface area contributed by atoms with Crippen LogP contribution in [0.3, 0.4) is 0 Å². The van der Waals surface area contributed by atoms with E-state index in [4.69, 9.17) is 16.7 Å². The van der Waals surface area contributed by atoms with Crippen LogP contribution in [0.5, 0.6) is 0 Å². The summed E-state index contributed by atoms with van der Waals surface area (Å²) in [6.07, 6.45) is 0. The van der Waals surface area contributed by atoms with E-state index in [0.717, 1.165) is 11.8 Å². The molecule has 0 aromatic heterocycles. The number of hydrogen-bond donors (Lipinski definition) is 2. The topological polar surface area (TPSA) is 83.5 Å². The molecule has 0 fully saturated rings. The summed E-state index contributed by atoms with van der Waals surface area (Å²) in [5.74, 6) is -1.80. The Morgan fingerprint density at radius 2 is 2.07 bits per heavy atom. The van der Waals surface area contributed by atoms with E-state index in [9.17, 15) is 14.4 Å². The van der Waals surface area contributed by atoms with Gasteiger partial charge in [0.2, 0.25) is 11.0 Å². The number of halogens is 1. The van der Waals surface area contributed by atoms with Crippen molar-refractivity contribution in [3.05, 3.63) is 0 Å². The zero-order chi connectivity index (χ0) is 11.1. The molecule has 0 spiro atoms. The van der Waals surface area contributed by atoms with E-state index in [1.807, 2.05) is 0 Å². The molecular formula is C7H10ClNO4S. The van der Waals surface area contributed by atoms with Crippen molar-refractivity contribution in [2.45, 2.75) is 13.0 Å². The van der Waals surface area contributed by atoms with Gasteiger partial charge in [0, 0.05) is 12.7 Å². The number of rotatable bonds is 5. The van der Waals surface area contributed by atoms with Gasteiger partial charge in [0.15, 0.2) is 0 Å². The lowest BCUT2D eigenvalue weighted by molar-refractivity contribution is -0.140. The zero-order valence-corrected chi connectivity index (χ0v) is 9.02. The summed E-state index contributed by atoms with van der Waals surface area (Å²) in [5.41, 5.74) is 0. The molecule has 1 atom stereocenters. The quantitative estimate of drug-likeness (QED) is 0.664. The highest BCUT2D eigenvalue weighted by molar-refractivity contribution is 8.13. The lowest BCUT2D eigenvalue weighted by atomic mass is 10.3. The van der Waals surface area contributed by atoms with E-state index in [1.165, 1.54) is 6.92 Å². The summed E-state index contributed by atoms with van der Waals surface area (Å²) in [7, 11) is 0. The van der Waals surface area contributed by atoms with Crippen LogP contribution in [0.25, 0.3) is 0 Å². The Morgan fingerprint density at radius 3 is 2.43 bits per heavy atom. The fourth-order valence-corrected chi connectivity index (χ4v) is 1.52. The number of carbonyl (C=O) groups is 3. The third-order valence-electron chi connectivity index (χ3n) is 1.20. The second-order valence-corrected chi connectivity index (χ2v) is 3.75. The van der Waals surface area contributed by atoms with E-state index in [0.29, 0.717) is 0 Å². The maximum Gasteiger partial charge on any atom is 0.327 e. The van der Waals surface area contributed by atoms with Crippen LogP contribution in [0.1, 0.15) is 6.92 Å². The summed E-state index contributed by atoms with van der Waals surface area (Å²) in [4.78, 5) is 31.9. The molecular weight excluding hydrogens is 230 g/mol. The highest BCUT2D eigenvalue weighted by Gasteiger charge is 2.19. The average molecular weight is 240 g/mol. The maximum absolute atomic E-state index is 10.8. The van der Waals surface area contributed by atoms with Crippen molar-refractivity contribution in [1.29, 1.82) is 0 Å². The summed E-state index contributed by atoms with van der Waals surface area (Å²) < 4.78 is 0. The van der Waals surface area contributed by atoms with Gasteiger partial charge in [-0.3, -0.25) is 9.59 Å². The van der Waals surface area contributed by atoms with Crippen LogP contribution < -0.4 is 5.32 Å². The van der Waals surface area contributed by atoms with Gasteiger partial charge < -0.3 is 10.4 Å². The van der Waals surface area contributed by atoms with Gasteiger partial charge in [-0.1, -0.05) is 11.8 Å². The second kappa shape index (κ2) is 6.67. The lowest BCUT2D eigenvalue weighted by Crippen LogP contribution is -2.41. The number of hydrogen-bond acceptors (Lipinski definition) is 4. The molecule has 0 aliphatic rings. The molecule has 0 bridgehead atoms. The van der Waals surface area contributed by atoms with Crippen LogP contribution in [-0.4, -0.2) is 39.8 Å². The van der Waals surface area contributed by atoms with Gasteiger partial charge in [-0.05, 0) is 0 Å². The first-order valence-electron chi connectivity index (χ1n) is 3.69. The molecule has 1 amide bonds. The Hall–Kier alpha value is -0.750. The molecule has 0 saturated heterocycles. The van der Waals surface area contributed by atoms with Crippen LogP contribution in [0.2, 0.25) is 0 Å². The molecule has 80 valence electrons. The highest BCUT2D eigenvalue weighted by Crippen LogP contribution is 2.06. The monoisotopic (exact) mass is 239 g/mol. The molecule has 0 rings (SSSR count). The Labute approximate surface area is 90.2 Å². The van der Waals surface area contributed by atoms with Crippen LogP contribution in [0.4, 0.5) is 0 Å². The van der Waals surface area contributed by atoms with Crippen LogP contribution >= 0.6 is 23.4 Å². The van der Waals surface area contributed by atoms with Gasteiger partial charge >= 0.3 is 5.97 Å². The van der Waals surface area contributed by atoms with Crippen molar-refractivity contribution in [3.63, 3.8) is 0 Å². The summed E-state index contributed by atoms with van der Waals surface area (Å²) in [6.45, 7) is 1.21. The van der Waals surface area contributed by atoms with Gasteiger partial charge in [-0.2, -0.15) is 0 Å². The first-order valence-corrected chi connectivity index (χ1v) is 5.21. The van der Waals surface area contributed by atoms with E-state index in [1.54, 1.807) is 0 Å². The third-order valence-corrected chi connectivity index (χ3v) is 2.56. The predicted octanol–water partition coefficient (Wildman–Crippen LogP) is 0.0743. The number of amides is 1. The minimum atomic E-state index is -1.17. The molecule has 0 aliphatic carbocycles. The molecule has 2 N–H and O–H groups in total. The van der Waals surface area contributed by atoms with Gasteiger partial charge in [-0.15, -0.1) is 11.6 Å². The Balaban J connectivity index is 4.04. The smallest absolute Gasteiger partial charge is 0.327 e. The average Bonchev–Trinajstić information content (AvgIpc) is 2.10. The third kappa shape index (κ3) is 5.82. The molecule has 0 radical (unpaired) electrons. The van der Waals surface area contributed by atoms with Crippen molar-refractivity contribution >= 4 is 40.4 Å². The first kappa shape index (κ1) is 13.2. The van der Waals surface area contributed by atoms with Crippen molar-refractivity contribution < 1.29 is 19.5 Å². The van der Waals surface area contributed by atoms with E-state index >= 15 is 0 Å². The maximum atomic E-state index is 10.8. The van der Waals surface area contributed by atoms with Crippen molar-refractivity contribution in [3.8, 4) is 0 Å². The summed E-state index contributed by atoms with van der Waals surface area (Å²) in [5, 5.41) is 10.5. The van der Waals surface area contributed by atoms with Gasteiger partial charge in [0.1, 0.15) is 6.04 Å². The highest BCUT2D eigenvalue weighted by atomic mass is 35.5. The molecule has 0 aromatic carbocycles. The molecule has 0 saturated carbocycles. The largest absolute Gasteiger partial charge is 0.480 e. The molecule has 5 nitrogen and oxygen atoms in total. The predicted molar refractivity (Wildman–Crippen MR) is 53.4 cm³/mol. The SMILES string of the molecule is CC(=O)N[C@@H](CSC(=O)CCl)C(=O)O. The van der Waals surface area contributed by atoms with Crippen LogP contribution in [0.15, 0.2) is 0 Å². The zero-order valence-electron chi connectivity index (χ0n) is 7.45. The fraction of sp³-hybridized carbons (Fsp3) is 0.571. The molecule has 14 heavy (non-hydrogen) atoms. The molecule has 0 aromatic rings.